The Hall–Kier alpha value is -2.03. The van der Waals surface area contributed by atoms with Crippen LogP contribution in [0.25, 0.3) is 11.1 Å². The summed E-state index contributed by atoms with van der Waals surface area (Å²) in [5, 5.41) is 0. The molecule has 0 saturated carbocycles. The quantitative estimate of drug-likeness (QED) is 0.594. The van der Waals surface area contributed by atoms with E-state index in [1.165, 1.54) is 12.0 Å². The molecule has 2 aromatic rings. The van der Waals surface area contributed by atoms with E-state index in [1.54, 1.807) is 0 Å². The molecular weight excluding hydrogens is 310 g/mol. The highest BCUT2D eigenvalue weighted by molar-refractivity contribution is 5.77. The first-order chi connectivity index (χ1) is 12.1. The average Bonchev–Trinajstić information content (AvgIpc) is 2.62. The number of fused-ring (bicyclic) bond motifs is 3. The van der Waals surface area contributed by atoms with Gasteiger partial charge in [0.05, 0.1) is 6.61 Å². The Morgan fingerprint density at radius 3 is 2.68 bits per heavy atom. The first kappa shape index (κ1) is 19.3. The van der Waals surface area contributed by atoms with Crippen molar-refractivity contribution in [2.45, 2.75) is 60.5 Å². The van der Waals surface area contributed by atoms with Gasteiger partial charge in [0.1, 0.15) is 17.6 Å². The van der Waals surface area contributed by atoms with Crippen LogP contribution in [0.1, 0.15) is 64.7 Å². The summed E-state index contributed by atoms with van der Waals surface area (Å²) >= 11 is 0. The number of nitrogens with zero attached hydrogens (tertiary/aromatic N) is 1. The molecule has 1 aromatic carbocycles. The second kappa shape index (κ2) is 8.89. The molecule has 1 aromatic heterocycles. The number of ether oxygens (including phenoxy) is 2. The van der Waals surface area contributed by atoms with Crippen molar-refractivity contribution >= 4 is 0 Å². The largest absolute Gasteiger partial charge is 0.493 e. The molecule has 3 rings (SSSR count). The molecule has 0 aliphatic carbocycles. The Kier molecular flexibility index (Phi) is 6.86. The summed E-state index contributed by atoms with van der Waals surface area (Å²) in [6.45, 7) is 13.4. The van der Waals surface area contributed by atoms with Gasteiger partial charge in [-0.1, -0.05) is 27.7 Å². The number of rotatable bonds is 5. The van der Waals surface area contributed by atoms with Crippen LogP contribution in [0.2, 0.25) is 0 Å². The zero-order valence-corrected chi connectivity index (χ0v) is 16.4. The van der Waals surface area contributed by atoms with E-state index in [1.807, 2.05) is 32.3 Å². The normalized spacial score (nSPS) is 14.8. The van der Waals surface area contributed by atoms with E-state index in [2.05, 4.69) is 44.8 Å². The van der Waals surface area contributed by atoms with Crippen LogP contribution in [0.15, 0.2) is 30.6 Å². The lowest BCUT2D eigenvalue weighted by Crippen LogP contribution is -2.12. The number of hydrogen-bond donors (Lipinski definition) is 0. The molecule has 0 fully saturated rings. The van der Waals surface area contributed by atoms with E-state index < -0.39 is 0 Å². The van der Waals surface area contributed by atoms with E-state index >= 15 is 0 Å². The molecule has 25 heavy (non-hydrogen) atoms. The van der Waals surface area contributed by atoms with E-state index in [0.29, 0.717) is 0 Å². The summed E-state index contributed by atoms with van der Waals surface area (Å²) in [6.07, 6.45) is 6.03. The van der Waals surface area contributed by atoms with Gasteiger partial charge in [0.15, 0.2) is 0 Å². The van der Waals surface area contributed by atoms with Gasteiger partial charge in [-0.05, 0) is 55.9 Å². The Bertz CT molecular complexity index is 694. The maximum atomic E-state index is 6.08. The first-order valence-electron chi connectivity index (χ1n) is 9.44. The number of pyridine rings is 1. The van der Waals surface area contributed by atoms with Crippen LogP contribution in [0.5, 0.6) is 11.5 Å². The Morgan fingerprint density at radius 1 is 1.20 bits per heavy atom. The summed E-state index contributed by atoms with van der Waals surface area (Å²) < 4.78 is 12.1. The lowest BCUT2D eigenvalue weighted by Gasteiger charge is -2.27. The van der Waals surface area contributed by atoms with Crippen LogP contribution in [0.4, 0.5) is 0 Å². The van der Waals surface area contributed by atoms with Gasteiger partial charge in [0, 0.05) is 29.6 Å². The molecule has 0 N–H and O–H groups in total. The molecule has 0 bridgehead atoms. The van der Waals surface area contributed by atoms with Gasteiger partial charge in [-0.2, -0.15) is 0 Å². The summed E-state index contributed by atoms with van der Waals surface area (Å²) in [6, 6.07) is 6.27. The third-order valence-corrected chi connectivity index (χ3v) is 4.34. The minimum atomic E-state index is 0.0164. The summed E-state index contributed by atoms with van der Waals surface area (Å²) in [5.74, 6) is 2.55. The molecular formula is C22H31NO2. The molecule has 3 nitrogen and oxygen atoms in total. The number of benzene rings is 1. The first-order valence-corrected chi connectivity index (χ1v) is 9.44. The van der Waals surface area contributed by atoms with Gasteiger partial charge in [0.2, 0.25) is 0 Å². The maximum absolute atomic E-state index is 6.08. The lowest BCUT2D eigenvalue weighted by molar-refractivity contribution is 0.220. The topological polar surface area (TPSA) is 31.4 Å². The monoisotopic (exact) mass is 341 g/mol. The van der Waals surface area contributed by atoms with Gasteiger partial charge in [-0.25, -0.2) is 0 Å². The highest BCUT2D eigenvalue weighted by Gasteiger charge is 2.24. The van der Waals surface area contributed by atoms with Crippen molar-refractivity contribution in [3.05, 3.63) is 41.7 Å². The van der Waals surface area contributed by atoms with Crippen molar-refractivity contribution in [3.63, 3.8) is 0 Å². The average molecular weight is 341 g/mol. The molecule has 1 unspecified atom stereocenters. The van der Waals surface area contributed by atoms with E-state index in [0.717, 1.165) is 47.1 Å². The molecule has 3 heteroatoms. The maximum Gasteiger partial charge on any atom is 0.131 e. The molecule has 0 radical (unpaired) electrons. The summed E-state index contributed by atoms with van der Waals surface area (Å²) in [5.41, 5.74) is 4.63. The van der Waals surface area contributed by atoms with Gasteiger partial charge in [0.25, 0.3) is 0 Å². The van der Waals surface area contributed by atoms with Crippen molar-refractivity contribution in [2.75, 3.05) is 6.61 Å². The molecule has 1 atom stereocenters. The number of aromatic nitrogens is 1. The molecule has 2 heterocycles. The van der Waals surface area contributed by atoms with Crippen LogP contribution in [0.3, 0.4) is 0 Å². The Balaban J connectivity index is 0.00000109. The fourth-order valence-corrected chi connectivity index (χ4v) is 3.04. The van der Waals surface area contributed by atoms with Crippen molar-refractivity contribution < 1.29 is 9.47 Å². The lowest BCUT2D eigenvalue weighted by atomic mass is 9.94. The predicted molar refractivity (Wildman–Crippen MR) is 104 cm³/mol. The van der Waals surface area contributed by atoms with Crippen molar-refractivity contribution in [3.8, 4) is 22.6 Å². The molecule has 0 saturated heterocycles. The predicted octanol–water partition coefficient (Wildman–Crippen LogP) is 6.35. The highest BCUT2D eigenvalue weighted by Crippen LogP contribution is 2.44. The third kappa shape index (κ3) is 4.53. The van der Waals surface area contributed by atoms with Crippen LogP contribution in [0, 0.1) is 12.8 Å². The minimum Gasteiger partial charge on any atom is -0.493 e. The number of aryl methyl sites for hydroxylation is 1. The fraction of sp³-hybridized carbons (Fsp3) is 0.500. The standard InChI is InChI=1S/C20H25NO2.C2H6/c1-13(2)6-5-9-22-19-11-20-17(10-14(19)3)16-7-8-21-12-18(16)15(4)23-20;1-2/h7-8,10-13,15H,5-6,9H2,1-4H3;1-2H3. The summed E-state index contributed by atoms with van der Waals surface area (Å²) in [7, 11) is 0. The van der Waals surface area contributed by atoms with Crippen molar-refractivity contribution in [1.82, 2.24) is 4.98 Å². The van der Waals surface area contributed by atoms with E-state index in [-0.39, 0.29) is 6.10 Å². The van der Waals surface area contributed by atoms with Gasteiger partial charge in [-0.3, -0.25) is 4.98 Å². The molecule has 0 amide bonds. The van der Waals surface area contributed by atoms with Gasteiger partial charge in [-0.15, -0.1) is 0 Å². The van der Waals surface area contributed by atoms with E-state index in [4.69, 9.17) is 9.47 Å². The Labute approximate surface area is 152 Å². The minimum absolute atomic E-state index is 0.0164. The van der Waals surface area contributed by atoms with Gasteiger partial charge >= 0.3 is 0 Å². The van der Waals surface area contributed by atoms with Crippen LogP contribution in [-0.4, -0.2) is 11.6 Å². The highest BCUT2D eigenvalue weighted by atomic mass is 16.5. The molecule has 1 aliphatic heterocycles. The zero-order chi connectivity index (χ0) is 18.4. The second-order valence-corrected chi connectivity index (χ2v) is 6.72. The molecule has 1 aliphatic rings. The van der Waals surface area contributed by atoms with Crippen LogP contribution in [-0.2, 0) is 0 Å². The van der Waals surface area contributed by atoms with Gasteiger partial charge < -0.3 is 9.47 Å². The summed E-state index contributed by atoms with van der Waals surface area (Å²) in [4.78, 5) is 4.22. The zero-order valence-electron chi connectivity index (χ0n) is 16.4. The number of hydrogen-bond acceptors (Lipinski definition) is 3. The third-order valence-electron chi connectivity index (χ3n) is 4.34. The molecule has 0 spiro atoms. The van der Waals surface area contributed by atoms with Crippen molar-refractivity contribution in [1.29, 1.82) is 0 Å². The Morgan fingerprint density at radius 2 is 1.96 bits per heavy atom. The SMILES string of the molecule is CC.Cc1cc2c(cc1OCCCC(C)C)OC(C)c1cnccc1-2. The smallest absolute Gasteiger partial charge is 0.131 e. The van der Waals surface area contributed by atoms with Crippen LogP contribution >= 0.6 is 0 Å². The van der Waals surface area contributed by atoms with Crippen LogP contribution < -0.4 is 9.47 Å². The van der Waals surface area contributed by atoms with Crippen molar-refractivity contribution in [2.24, 2.45) is 5.92 Å². The fourth-order valence-electron chi connectivity index (χ4n) is 3.04. The molecule has 136 valence electrons. The van der Waals surface area contributed by atoms with E-state index in [9.17, 15) is 0 Å². The second-order valence-electron chi connectivity index (χ2n) is 6.72.